The first kappa shape index (κ1) is 17.8. The molecule has 2 N–H and O–H groups in total. The Balaban J connectivity index is 2.18. The van der Waals surface area contributed by atoms with Gasteiger partial charge in [-0.05, 0) is 36.7 Å². The minimum Gasteiger partial charge on any atom is -0.493 e. The summed E-state index contributed by atoms with van der Waals surface area (Å²) < 4.78 is 10.6. The van der Waals surface area contributed by atoms with Crippen LogP contribution in [0.3, 0.4) is 0 Å². The van der Waals surface area contributed by atoms with Gasteiger partial charge in [0, 0.05) is 11.5 Å². The third-order valence-electron chi connectivity index (χ3n) is 3.83. The van der Waals surface area contributed by atoms with E-state index >= 15 is 0 Å². The van der Waals surface area contributed by atoms with Gasteiger partial charge in [0.05, 0.1) is 31.0 Å². The van der Waals surface area contributed by atoms with Gasteiger partial charge in [0.25, 0.3) is 0 Å². The molecule has 0 radical (unpaired) electrons. The summed E-state index contributed by atoms with van der Waals surface area (Å²) in [4.78, 5) is 19.9. The average molecular weight is 374 g/mol. The van der Waals surface area contributed by atoms with Crippen LogP contribution in [0, 0.1) is 6.92 Å². The highest BCUT2D eigenvalue weighted by Crippen LogP contribution is 2.35. The summed E-state index contributed by atoms with van der Waals surface area (Å²) in [5.74, 6) is 0.325. The van der Waals surface area contributed by atoms with Crippen LogP contribution >= 0.6 is 11.6 Å². The van der Waals surface area contributed by atoms with Crippen LogP contribution in [0.5, 0.6) is 11.5 Å². The standard InChI is InChI=1S/C18H16ClN3O4/c1-9-4-5-12(11(6-9)17(23)24)20-16-10-7-14(25-2)15(26-3)8-13(10)21-18(19)22-16/h4-8H,1-3H3,(H,23,24)(H,20,21,22). The molecular weight excluding hydrogens is 358 g/mol. The summed E-state index contributed by atoms with van der Waals surface area (Å²) in [7, 11) is 3.05. The molecule has 0 fully saturated rings. The fourth-order valence-corrected chi connectivity index (χ4v) is 2.77. The first-order chi connectivity index (χ1) is 12.4. The van der Waals surface area contributed by atoms with E-state index < -0.39 is 5.97 Å². The predicted molar refractivity (Wildman–Crippen MR) is 99.1 cm³/mol. The van der Waals surface area contributed by atoms with Gasteiger partial charge in [-0.25, -0.2) is 9.78 Å². The second-order valence-corrected chi connectivity index (χ2v) is 5.88. The smallest absolute Gasteiger partial charge is 0.337 e. The summed E-state index contributed by atoms with van der Waals surface area (Å²) in [6.07, 6.45) is 0. The molecule has 1 aromatic heterocycles. The molecule has 0 unspecified atom stereocenters. The largest absolute Gasteiger partial charge is 0.493 e. The number of hydrogen-bond donors (Lipinski definition) is 2. The van der Waals surface area contributed by atoms with Crippen LogP contribution < -0.4 is 14.8 Å². The lowest BCUT2D eigenvalue weighted by molar-refractivity contribution is 0.0698. The Morgan fingerprint density at radius 1 is 1.12 bits per heavy atom. The fraction of sp³-hybridized carbons (Fsp3) is 0.167. The van der Waals surface area contributed by atoms with Crippen molar-refractivity contribution in [3.05, 3.63) is 46.7 Å². The van der Waals surface area contributed by atoms with Crippen LogP contribution in [0.4, 0.5) is 11.5 Å². The molecule has 26 heavy (non-hydrogen) atoms. The van der Waals surface area contributed by atoms with E-state index in [9.17, 15) is 9.90 Å². The molecule has 0 atom stereocenters. The zero-order valence-corrected chi connectivity index (χ0v) is 15.1. The van der Waals surface area contributed by atoms with E-state index in [1.807, 2.05) is 13.0 Å². The zero-order valence-electron chi connectivity index (χ0n) is 14.3. The monoisotopic (exact) mass is 373 g/mol. The van der Waals surface area contributed by atoms with Gasteiger partial charge in [0.15, 0.2) is 11.5 Å². The quantitative estimate of drug-likeness (QED) is 0.651. The minimum absolute atomic E-state index is 0.0243. The number of carboxylic acids is 1. The molecule has 8 heteroatoms. The maximum absolute atomic E-state index is 11.5. The predicted octanol–water partition coefficient (Wildman–Crippen LogP) is 4.05. The lowest BCUT2D eigenvalue weighted by atomic mass is 10.1. The Morgan fingerprint density at radius 2 is 1.81 bits per heavy atom. The third kappa shape index (κ3) is 3.34. The molecule has 134 valence electrons. The van der Waals surface area contributed by atoms with E-state index in [0.29, 0.717) is 33.9 Å². The number of carboxylic acid groups (broad SMARTS) is 1. The number of fused-ring (bicyclic) bond motifs is 1. The maximum atomic E-state index is 11.5. The molecule has 1 heterocycles. The van der Waals surface area contributed by atoms with E-state index in [4.69, 9.17) is 21.1 Å². The SMILES string of the molecule is COc1cc2nc(Cl)nc(Nc3ccc(C)cc3C(=O)O)c2cc1OC. The van der Waals surface area contributed by atoms with Gasteiger partial charge in [0.1, 0.15) is 5.82 Å². The fourth-order valence-electron chi connectivity index (χ4n) is 2.59. The Hall–Kier alpha value is -3.06. The Morgan fingerprint density at radius 3 is 2.46 bits per heavy atom. The van der Waals surface area contributed by atoms with Crippen molar-refractivity contribution in [2.24, 2.45) is 0 Å². The summed E-state index contributed by atoms with van der Waals surface area (Å²) >= 11 is 6.04. The van der Waals surface area contributed by atoms with E-state index in [-0.39, 0.29) is 10.8 Å². The van der Waals surface area contributed by atoms with Crippen molar-refractivity contribution < 1.29 is 19.4 Å². The van der Waals surface area contributed by atoms with Crippen LogP contribution in [0.25, 0.3) is 10.9 Å². The number of nitrogens with one attached hydrogen (secondary N) is 1. The van der Waals surface area contributed by atoms with Gasteiger partial charge >= 0.3 is 5.97 Å². The number of carbonyl (C=O) groups is 1. The number of methoxy groups -OCH3 is 2. The Kier molecular flexibility index (Phi) is 4.81. The number of aryl methyl sites for hydroxylation is 1. The van der Waals surface area contributed by atoms with E-state index in [2.05, 4.69) is 15.3 Å². The van der Waals surface area contributed by atoms with Gasteiger partial charge < -0.3 is 19.9 Å². The highest BCUT2D eigenvalue weighted by molar-refractivity contribution is 6.29. The van der Waals surface area contributed by atoms with Gasteiger partial charge in [-0.3, -0.25) is 0 Å². The first-order valence-electron chi connectivity index (χ1n) is 7.63. The van der Waals surface area contributed by atoms with Gasteiger partial charge in [0.2, 0.25) is 5.28 Å². The highest BCUT2D eigenvalue weighted by Gasteiger charge is 2.16. The Labute approximate surface area is 154 Å². The lowest BCUT2D eigenvalue weighted by Crippen LogP contribution is -2.05. The molecule has 3 rings (SSSR count). The van der Waals surface area contributed by atoms with Crippen LogP contribution in [-0.2, 0) is 0 Å². The lowest BCUT2D eigenvalue weighted by Gasteiger charge is -2.14. The number of nitrogens with zero attached hydrogens (tertiary/aromatic N) is 2. The number of halogens is 1. The molecule has 0 aliphatic heterocycles. The molecule has 0 amide bonds. The van der Waals surface area contributed by atoms with E-state index in [1.165, 1.54) is 14.2 Å². The van der Waals surface area contributed by atoms with Crippen LogP contribution in [0.2, 0.25) is 5.28 Å². The second-order valence-electron chi connectivity index (χ2n) is 5.54. The number of ether oxygens (including phenoxy) is 2. The highest BCUT2D eigenvalue weighted by atomic mass is 35.5. The topological polar surface area (TPSA) is 93.6 Å². The minimum atomic E-state index is -1.04. The average Bonchev–Trinajstić information content (AvgIpc) is 2.61. The maximum Gasteiger partial charge on any atom is 0.337 e. The molecule has 0 bridgehead atoms. The van der Waals surface area contributed by atoms with Crippen molar-refractivity contribution in [1.82, 2.24) is 9.97 Å². The number of aromatic nitrogens is 2. The molecule has 7 nitrogen and oxygen atoms in total. The Bertz CT molecular complexity index is 1010. The van der Waals surface area contributed by atoms with Crippen LogP contribution in [0.15, 0.2) is 30.3 Å². The molecule has 0 aliphatic carbocycles. The summed E-state index contributed by atoms with van der Waals surface area (Å²) in [6, 6.07) is 8.46. The number of benzene rings is 2. The van der Waals surface area contributed by atoms with E-state index in [0.717, 1.165) is 5.56 Å². The van der Waals surface area contributed by atoms with Gasteiger partial charge in [-0.15, -0.1) is 0 Å². The normalized spacial score (nSPS) is 10.6. The third-order valence-corrected chi connectivity index (χ3v) is 4.00. The number of anilines is 2. The molecule has 0 spiro atoms. The van der Waals surface area contributed by atoms with Crippen molar-refractivity contribution >= 4 is 40.0 Å². The van der Waals surface area contributed by atoms with E-state index in [1.54, 1.807) is 24.3 Å². The van der Waals surface area contributed by atoms with Crippen LogP contribution in [-0.4, -0.2) is 35.3 Å². The van der Waals surface area contributed by atoms with Crippen molar-refractivity contribution in [3.8, 4) is 11.5 Å². The van der Waals surface area contributed by atoms with Crippen molar-refractivity contribution in [2.75, 3.05) is 19.5 Å². The number of rotatable bonds is 5. The molecule has 0 saturated heterocycles. The molecule has 3 aromatic rings. The summed E-state index contributed by atoms with van der Waals surface area (Å²) in [6.45, 7) is 1.82. The zero-order chi connectivity index (χ0) is 18.8. The van der Waals surface area contributed by atoms with Crippen molar-refractivity contribution in [3.63, 3.8) is 0 Å². The number of hydrogen-bond acceptors (Lipinski definition) is 6. The molecular formula is C18H16ClN3O4. The summed E-state index contributed by atoms with van der Waals surface area (Å²) in [5, 5.41) is 13.1. The first-order valence-corrected chi connectivity index (χ1v) is 8.01. The molecule has 0 aliphatic rings. The summed E-state index contributed by atoms with van der Waals surface area (Å²) in [5.41, 5.74) is 1.90. The van der Waals surface area contributed by atoms with Crippen molar-refractivity contribution in [2.45, 2.75) is 6.92 Å². The number of aromatic carboxylic acids is 1. The molecule has 0 saturated carbocycles. The van der Waals surface area contributed by atoms with Gasteiger partial charge in [-0.2, -0.15) is 4.98 Å². The molecule has 2 aromatic carbocycles. The van der Waals surface area contributed by atoms with Crippen LogP contribution in [0.1, 0.15) is 15.9 Å². The van der Waals surface area contributed by atoms with Gasteiger partial charge in [-0.1, -0.05) is 11.6 Å². The second kappa shape index (κ2) is 7.05. The van der Waals surface area contributed by atoms with Crippen molar-refractivity contribution in [1.29, 1.82) is 0 Å².